The first kappa shape index (κ1) is 17.7. The molecule has 0 spiro atoms. The molecule has 0 unspecified atom stereocenters. The molecule has 0 aliphatic heterocycles. The molecule has 2 aromatic heterocycles. The van der Waals surface area contributed by atoms with E-state index in [4.69, 9.17) is 4.74 Å². The van der Waals surface area contributed by atoms with E-state index < -0.39 is 5.91 Å². The van der Waals surface area contributed by atoms with Crippen molar-refractivity contribution >= 4 is 22.9 Å². The van der Waals surface area contributed by atoms with Gasteiger partial charge in [-0.15, -0.1) is 0 Å². The van der Waals surface area contributed by atoms with Crippen molar-refractivity contribution in [2.75, 3.05) is 13.2 Å². The first-order chi connectivity index (χ1) is 11.5. The van der Waals surface area contributed by atoms with E-state index in [1.807, 2.05) is 13.8 Å². The monoisotopic (exact) mass is 331 g/mol. The maximum absolute atomic E-state index is 12.5. The Morgan fingerprint density at radius 2 is 2.04 bits per heavy atom. The van der Waals surface area contributed by atoms with Crippen LogP contribution in [0.5, 0.6) is 0 Å². The summed E-state index contributed by atoms with van der Waals surface area (Å²) in [4.78, 5) is 40.5. The summed E-state index contributed by atoms with van der Waals surface area (Å²) < 4.78 is 6.56. The smallest absolute Gasteiger partial charge is 0.307 e. The standard InChI is InChI=1S/C17H21N3O4/c1-4-20-10-13(17(23)18-9-8-14(21)24-5-2)15(22)12-7-6-11(3)19-16(12)20/h6-7,10H,4-5,8-9H2,1-3H3,(H,18,23). The molecule has 2 rings (SSSR count). The lowest BCUT2D eigenvalue weighted by atomic mass is 10.1. The first-order valence-corrected chi connectivity index (χ1v) is 7.92. The maximum atomic E-state index is 12.5. The van der Waals surface area contributed by atoms with Crippen LogP contribution in [0, 0.1) is 6.92 Å². The van der Waals surface area contributed by atoms with E-state index in [0.29, 0.717) is 24.2 Å². The third kappa shape index (κ3) is 3.79. The predicted molar refractivity (Wildman–Crippen MR) is 90.0 cm³/mol. The number of pyridine rings is 2. The summed E-state index contributed by atoms with van der Waals surface area (Å²) in [5.74, 6) is -0.893. The highest BCUT2D eigenvalue weighted by Gasteiger charge is 2.16. The molecule has 1 N–H and O–H groups in total. The zero-order chi connectivity index (χ0) is 17.7. The molecule has 0 saturated heterocycles. The van der Waals surface area contributed by atoms with Crippen LogP contribution >= 0.6 is 0 Å². The van der Waals surface area contributed by atoms with Crippen molar-refractivity contribution in [3.8, 4) is 0 Å². The van der Waals surface area contributed by atoms with Crippen molar-refractivity contribution in [2.24, 2.45) is 0 Å². The van der Waals surface area contributed by atoms with Gasteiger partial charge in [0.05, 0.1) is 18.4 Å². The molecule has 0 atom stereocenters. The van der Waals surface area contributed by atoms with Gasteiger partial charge in [-0.1, -0.05) is 0 Å². The summed E-state index contributed by atoms with van der Waals surface area (Å²) >= 11 is 0. The van der Waals surface area contributed by atoms with Crippen LogP contribution in [-0.4, -0.2) is 34.6 Å². The summed E-state index contributed by atoms with van der Waals surface area (Å²) in [6.07, 6.45) is 1.58. The van der Waals surface area contributed by atoms with E-state index in [2.05, 4.69) is 10.3 Å². The largest absolute Gasteiger partial charge is 0.466 e. The Kier molecular flexibility index (Phi) is 5.68. The average molecular weight is 331 g/mol. The highest BCUT2D eigenvalue weighted by molar-refractivity contribution is 5.97. The molecule has 0 aliphatic carbocycles. The minimum atomic E-state index is -0.506. The van der Waals surface area contributed by atoms with Crippen LogP contribution in [-0.2, 0) is 16.1 Å². The van der Waals surface area contributed by atoms with E-state index >= 15 is 0 Å². The number of hydrogen-bond donors (Lipinski definition) is 1. The number of hydrogen-bond acceptors (Lipinski definition) is 5. The quantitative estimate of drug-likeness (QED) is 0.808. The Hall–Kier alpha value is -2.70. The molecule has 0 aliphatic rings. The van der Waals surface area contributed by atoms with Crippen molar-refractivity contribution in [1.29, 1.82) is 0 Å². The number of amides is 1. The van der Waals surface area contributed by atoms with Gasteiger partial charge in [-0.25, -0.2) is 4.98 Å². The zero-order valence-electron chi connectivity index (χ0n) is 14.1. The van der Waals surface area contributed by atoms with Gasteiger partial charge in [0.1, 0.15) is 11.2 Å². The maximum Gasteiger partial charge on any atom is 0.307 e. The van der Waals surface area contributed by atoms with E-state index in [1.165, 1.54) is 6.20 Å². The van der Waals surface area contributed by atoms with E-state index in [1.54, 1.807) is 23.6 Å². The Bertz CT molecular complexity index is 826. The Labute approximate surface area is 139 Å². The third-order valence-corrected chi connectivity index (χ3v) is 3.57. The topological polar surface area (TPSA) is 90.3 Å². The molecule has 0 aromatic carbocycles. The Morgan fingerprint density at radius 1 is 1.29 bits per heavy atom. The van der Waals surface area contributed by atoms with E-state index in [-0.39, 0.29) is 29.9 Å². The molecule has 7 heteroatoms. The highest BCUT2D eigenvalue weighted by Crippen LogP contribution is 2.11. The number of fused-ring (bicyclic) bond motifs is 1. The van der Waals surface area contributed by atoms with Gasteiger partial charge in [-0.2, -0.15) is 0 Å². The van der Waals surface area contributed by atoms with Gasteiger partial charge < -0.3 is 14.6 Å². The third-order valence-electron chi connectivity index (χ3n) is 3.57. The molecule has 24 heavy (non-hydrogen) atoms. The van der Waals surface area contributed by atoms with Crippen LogP contribution in [0.25, 0.3) is 11.0 Å². The van der Waals surface area contributed by atoms with Gasteiger partial charge in [-0.3, -0.25) is 14.4 Å². The summed E-state index contributed by atoms with van der Waals surface area (Å²) in [5.41, 5.74) is 1.04. The van der Waals surface area contributed by atoms with Crippen LogP contribution in [0.2, 0.25) is 0 Å². The lowest BCUT2D eigenvalue weighted by Gasteiger charge is -2.11. The molecule has 0 fully saturated rings. The number of aromatic nitrogens is 2. The molecule has 0 radical (unpaired) electrons. The van der Waals surface area contributed by atoms with Gasteiger partial charge in [0, 0.05) is 25.0 Å². The normalized spacial score (nSPS) is 10.6. The number of carbonyl (C=O) groups excluding carboxylic acids is 2. The second-order valence-corrected chi connectivity index (χ2v) is 5.29. The van der Waals surface area contributed by atoms with Crippen molar-refractivity contribution in [1.82, 2.24) is 14.9 Å². The molecule has 2 aromatic rings. The fourth-order valence-electron chi connectivity index (χ4n) is 2.37. The van der Waals surface area contributed by atoms with E-state index in [9.17, 15) is 14.4 Å². The van der Waals surface area contributed by atoms with Crippen LogP contribution in [0.1, 0.15) is 36.3 Å². The molecular weight excluding hydrogens is 310 g/mol. The summed E-state index contributed by atoms with van der Waals surface area (Å²) in [7, 11) is 0. The Balaban J connectivity index is 2.27. The number of esters is 1. The lowest BCUT2D eigenvalue weighted by molar-refractivity contribution is -0.142. The van der Waals surface area contributed by atoms with Gasteiger partial charge in [0.25, 0.3) is 5.91 Å². The summed E-state index contributed by atoms with van der Waals surface area (Å²) in [6.45, 7) is 6.47. The summed E-state index contributed by atoms with van der Waals surface area (Å²) in [5, 5.41) is 2.99. The minimum absolute atomic E-state index is 0.0406. The lowest BCUT2D eigenvalue weighted by Crippen LogP contribution is -2.31. The van der Waals surface area contributed by atoms with Crippen molar-refractivity contribution in [2.45, 2.75) is 33.7 Å². The molecule has 2 heterocycles. The number of nitrogens with one attached hydrogen (secondary N) is 1. The van der Waals surface area contributed by atoms with Crippen LogP contribution in [0.3, 0.4) is 0 Å². The fraction of sp³-hybridized carbons (Fsp3) is 0.412. The fourth-order valence-corrected chi connectivity index (χ4v) is 2.37. The molecule has 0 bridgehead atoms. The Morgan fingerprint density at radius 3 is 2.71 bits per heavy atom. The zero-order valence-corrected chi connectivity index (χ0v) is 14.1. The number of rotatable bonds is 6. The number of aryl methyl sites for hydroxylation is 2. The van der Waals surface area contributed by atoms with Crippen LogP contribution in [0.4, 0.5) is 0 Å². The van der Waals surface area contributed by atoms with Gasteiger partial charge in [0.15, 0.2) is 0 Å². The van der Waals surface area contributed by atoms with Crippen molar-refractivity contribution < 1.29 is 14.3 Å². The highest BCUT2D eigenvalue weighted by atomic mass is 16.5. The molecular formula is C17H21N3O4. The SMILES string of the molecule is CCOC(=O)CCNC(=O)c1cn(CC)c2nc(C)ccc2c1=O. The van der Waals surface area contributed by atoms with Crippen LogP contribution < -0.4 is 10.7 Å². The number of ether oxygens (including phenoxy) is 1. The molecule has 128 valence electrons. The number of carbonyl (C=O) groups is 2. The molecule has 7 nitrogen and oxygen atoms in total. The summed E-state index contributed by atoms with van der Waals surface area (Å²) in [6, 6.07) is 3.42. The van der Waals surface area contributed by atoms with Crippen molar-refractivity contribution in [3.05, 3.63) is 39.8 Å². The first-order valence-electron chi connectivity index (χ1n) is 7.92. The number of nitrogens with zero attached hydrogens (tertiary/aromatic N) is 2. The van der Waals surface area contributed by atoms with Crippen molar-refractivity contribution in [3.63, 3.8) is 0 Å². The second kappa shape index (κ2) is 7.72. The van der Waals surface area contributed by atoms with Gasteiger partial charge >= 0.3 is 5.97 Å². The minimum Gasteiger partial charge on any atom is -0.466 e. The average Bonchev–Trinajstić information content (AvgIpc) is 2.55. The van der Waals surface area contributed by atoms with Crippen LogP contribution in [0.15, 0.2) is 23.1 Å². The van der Waals surface area contributed by atoms with Gasteiger partial charge in [-0.05, 0) is 32.9 Å². The predicted octanol–water partition coefficient (Wildman–Crippen LogP) is 1.41. The molecule has 0 saturated carbocycles. The van der Waals surface area contributed by atoms with E-state index in [0.717, 1.165) is 5.69 Å². The van der Waals surface area contributed by atoms with Gasteiger partial charge in [0.2, 0.25) is 5.43 Å². The second-order valence-electron chi connectivity index (χ2n) is 5.29. The molecule has 1 amide bonds.